The van der Waals surface area contributed by atoms with Gasteiger partial charge in [-0.05, 0) is 12.1 Å². The second-order valence-corrected chi connectivity index (χ2v) is 5.24. The Bertz CT molecular complexity index is 791. The third kappa shape index (κ3) is 2.07. The van der Waals surface area contributed by atoms with Crippen molar-refractivity contribution in [2.75, 3.05) is 6.54 Å². The van der Waals surface area contributed by atoms with Gasteiger partial charge in [0.2, 0.25) is 0 Å². The smallest absolute Gasteiger partial charge is 0.270 e. The molecule has 0 aliphatic carbocycles. The molecule has 0 bridgehead atoms. The Morgan fingerprint density at radius 2 is 2.19 bits per heavy atom. The van der Waals surface area contributed by atoms with Crippen LogP contribution in [-0.2, 0) is 13.0 Å². The summed E-state index contributed by atoms with van der Waals surface area (Å²) in [5.41, 5.74) is 3.71. The van der Waals surface area contributed by atoms with Crippen molar-refractivity contribution in [3.63, 3.8) is 0 Å². The van der Waals surface area contributed by atoms with Gasteiger partial charge in [-0.25, -0.2) is 9.97 Å². The number of rotatable bonds is 1. The van der Waals surface area contributed by atoms with Crippen molar-refractivity contribution >= 4 is 16.8 Å². The molecule has 21 heavy (non-hydrogen) atoms. The minimum atomic E-state index is 0.0284. The molecule has 3 heterocycles. The van der Waals surface area contributed by atoms with Crippen molar-refractivity contribution in [2.24, 2.45) is 0 Å². The first-order valence-corrected chi connectivity index (χ1v) is 6.96. The van der Waals surface area contributed by atoms with Crippen LogP contribution in [0.4, 0.5) is 0 Å². The van der Waals surface area contributed by atoms with E-state index in [2.05, 4.69) is 15.0 Å². The van der Waals surface area contributed by atoms with Crippen LogP contribution in [0.15, 0.2) is 42.9 Å². The minimum Gasteiger partial charge on any atom is -0.351 e. The molecule has 0 saturated carbocycles. The molecule has 0 radical (unpaired) electrons. The highest BCUT2D eigenvalue weighted by Crippen LogP contribution is 2.20. The molecule has 1 aromatic carbocycles. The van der Waals surface area contributed by atoms with Gasteiger partial charge in [0.1, 0.15) is 12.0 Å². The maximum atomic E-state index is 12.6. The number of amides is 1. The molecule has 5 heteroatoms. The summed E-state index contributed by atoms with van der Waals surface area (Å²) < 4.78 is 0. The van der Waals surface area contributed by atoms with Crippen LogP contribution in [0.3, 0.4) is 0 Å². The first-order chi connectivity index (χ1) is 10.3. The van der Waals surface area contributed by atoms with Gasteiger partial charge in [-0.15, -0.1) is 0 Å². The van der Waals surface area contributed by atoms with Crippen LogP contribution in [0.1, 0.15) is 21.7 Å². The van der Waals surface area contributed by atoms with Crippen LogP contribution in [0, 0.1) is 0 Å². The zero-order chi connectivity index (χ0) is 14.2. The third-order valence-electron chi connectivity index (χ3n) is 3.91. The van der Waals surface area contributed by atoms with Crippen LogP contribution >= 0.6 is 0 Å². The Morgan fingerprint density at radius 1 is 1.29 bits per heavy atom. The van der Waals surface area contributed by atoms with Gasteiger partial charge in [-0.2, -0.15) is 0 Å². The van der Waals surface area contributed by atoms with E-state index < -0.39 is 0 Å². The SMILES string of the molecule is O=C(c1cc2ccccc2[nH]1)N1CCc2ncncc2C1. The number of H-pyrrole nitrogens is 1. The lowest BCUT2D eigenvalue weighted by atomic mass is 10.1. The predicted molar refractivity (Wildman–Crippen MR) is 78.8 cm³/mol. The van der Waals surface area contributed by atoms with E-state index in [1.807, 2.05) is 35.2 Å². The first kappa shape index (κ1) is 12.1. The van der Waals surface area contributed by atoms with Gasteiger partial charge < -0.3 is 9.88 Å². The Kier molecular flexibility index (Phi) is 2.70. The van der Waals surface area contributed by atoms with Gasteiger partial charge in [0, 0.05) is 42.2 Å². The number of fused-ring (bicyclic) bond motifs is 2. The lowest BCUT2D eigenvalue weighted by Gasteiger charge is -2.27. The summed E-state index contributed by atoms with van der Waals surface area (Å²) in [7, 11) is 0. The highest BCUT2D eigenvalue weighted by atomic mass is 16.2. The molecule has 0 spiro atoms. The first-order valence-electron chi connectivity index (χ1n) is 6.96. The molecule has 1 amide bonds. The summed E-state index contributed by atoms with van der Waals surface area (Å²) in [5, 5.41) is 1.06. The second-order valence-electron chi connectivity index (χ2n) is 5.24. The number of benzene rings is 1. The monoisotopic (exact) mass is 278 g/mol. The number of nitrogens with one attached hydrogen (secondary N) is 1. The van der Waals surface area contributed by atoms with Gasteiger partial charge in [-0.1, -0.05) is 18.2 Å². The summed E-state index contributed by atoms with van der Waals surface area (Å²) in [6.45, 7) is 1.27. The summed E-state index contributed by atoms with van der Waals surface area (Å²) >= 11 is 0. The van der Waals surface area contributed by atoms with Crippen molar-refractivity contribution in [3.05, 3.63) is 59.8 Å². The number of nitrogens with zero attached hydrogens (tertiary/aromatic N) is 3. The molecule has 2 aromatic heterocycles. The molecule has 0 unspecified atom stereocenters. The molecule has 1 N–H and O–H groups in total. The maximum absolute atomic E-state index is 12.6. The van der Waals surface area contributed by atoms with Crippen molar-refractivity contribution < 1.29 is 4.79 Å². The molecule has 1 aliphatic heterocycles. The molecule has 3 aromatic rings. The normalized spacial score (nSPS) is 14.2. The number of aromatic amines is 1. The third-order valence-corrected chi connectivity index (χ3v) is 3.91. The van der Waals surface area contributed by atoms with Gasteiger partial charge in [-0.3, -0.25) is 4.79 Å². The lowest BCUT2D eigenvalue weighted by Crippen LogP contribution is -2.36. The molecule has 0 fully saturated rings. The topological polar surface area (TPSA) is 61.9 Å². The van der Waals surface area contributed by atoms with Gasteiger partial charge in [0.05, 0.1) is 5.69 Å². The van der Waals surface area contributed by atoms with Crippen LogP contribution < -0.4 is 0 Å². The van der Waals surface area contributed by atoms with Crippen molar-refractivity contribution in [2.45, 2.75) is 13.0 Å². The van der Waals surface area contributed by atoms with E-state index in [-0.39, 0.29) is 5.91 Å². The fourth-order valence-corrected chi connectivity index (χ4v) is 2.80. The number of hydrogen-bond acceptors (Lipinski definition) is 3. The average Bonchev–Trinajstić information content (AvgIpc) is 2.97. The van der Waals surface area contributed by atoms with E-state index >= 15 is 0 Å². The van der Waals surface area contributed by atoms with E-state index in [1.54, 1.807) is 12.5 Å². The predicted octanol–water partition coefficient (Wildman–Crippen LogP) is 2.16. The van der Waals surface area contributed by atoms with E-state index in [4.69, 9.17) is 0 Å². The molecule has 4 rings (SSSR count). The zero-order valence-electron chi connectivity index (χ0n) is 11.4. The van der Waals surface area contributed by atoms with Gasteiger partial charge >= 0.3 is 0 Å². The zero-order valence-corrected chi connectivity index (χ0v) is 11.4. The van der Waals surface area contributed by atoms with Crippen LogP contribution in [-0.4, -0.2) is 32.3 Å². The van der Waals surface area contributed by atoms with Crippen molar-refractivity contribution in [3.8, 4) is 0 Å². The van der Waals surface area contributed by atoms with Crippen molar-refractivity contribution in [1.82, 2.24) is 19.9 Å². The van der Waals surface area contributed by atoms with Crippen LogP contribution in [0.2, 0.25) is 0 Å². The summed E-state index contributed by atoms with van der Waals surface area (Å²) in [4.78, 5) is 26.0. The Labute approximate surface area is 121 Å². The standard InChI is InChI=1S/C16H14N4O/c21-16(15-7-11-3-1-2-4-14(11)19-15)20-6-5-13-12(9-20)8-17-10-18-13/h1-4,7-8,10,19H,5-6,9H2. The van der Waals surface area contributed by atoms with Crippen molar-refractivity contribution in [1.29, 1.82) is 0 Å². The molecule has 104 valence electrons. The fraction of sp³-hybridized carbons (Fsp3) is 0.188. The summed E-state index contributed by atoms with van der Waals surface area (Å²) in [5.74, 6) is 0.0284. The number of carbonyl (C=O) groups excluding carboxylic acids is 1. The van der Waals surface area contributed by atoms with E-state index in [0.29, 0.717) is 18.8 Å². The summed E-state index contributed by atoms with van der Waals surface area (Å²) in [6, 6.07) is 9.82. The van der Waals surface area contributed by atoms with E-state index in [0.717, 1.165) is 28.6 Å². The fourth-order valence-electron chi connectivity index (χ4n) is 2.80. The summed E-state index contributed by atoms with van der Waals surface area (Å²) in [6.07, 6.45) is 4.14. The van der Waals surface area contributed by atoms with E-state index in [1.165, 1.54) is 0 Å². The number of para-hydroxylation sites is 1. The van der Waals surface area contributed by atoms with Gasteiger partial charge in [0.25, 0.3) is 5.91 Å². The molecule has 0 saturated heterocycles. The second kappa shape index (κ2) is 4.70. The Morgan fingerprint density at radius 3 is 3.10 bits per heavy atom. The van der Waals surface area contributed by atoms with Crippen LogP contribution in [0.25, 0.3) is 10.9 Å². The highest BCUT2D eigenvalue weighted by molar-refractivity contribution is 5.98. The molecular weight excluding hydrogens is 264 g/mol. The number of aromatic nitrogens is 3. The number of carbonyl (C=O) groups is 1. The van der Waals surface area contributed by atoms with Gasteiger partial charge in [0.15, 0.2) is 0 Å². The lowest BCUT2D eigenvalue weighted by molar-refractivity contribution is 0.0728. The van der Waals surface area contributed by atoms with E-state index in [9.17, 15) is 4.79 Å². The van der Waals surface area contributed by atoms with Crippen LogP contribution in [0.5, 0.6) is 0 Å². The average molecular weight is 278 g/mol. The molecule has 5 nitrogen and oxygen atoms in total. The maximum Gasteiger partial charge on any atom is 0.270 e. The highest BCUT2D eigenvalue weighted by Gasteiger charge is 2.23. The number of hydrogen-bond donors (Lipinski definition) is 1. The minimum absolute atomic E-state index is 0.0284. The molecule has 0 atom stereocenters. The largest absolute Gasteiger partial charge is 0.351 e. The Hall–Kier alpha value is -2.69. The molecule has 1 aliphatic rings. The molecular formula is C16H14N4O. The Balaban J connectivity index is 1.63. The quantitative estimate of drug-likeness (QED) is 0.742.